The molecule has 0 fully saturated rings. The quantitative estimate of drug-likeness (QED) is 0.791. The molecule has 0 radical (unpaired) electrons. The van der Waals surface area contributed by atoms with Crippen LogP contribution < -0.4 is 19.5 Å². The van der Waals surface area contributed by atoms with E-state index in [1.54, 1.807) is 13.2 Å². The maximum absolute atomic E-state index is 12.8. The summed E-state index contributed by atoms with van der Waals surface area (Å²) in [5.41, 5.74) is 2.52. The van der Waals surface area contributed by atoms with Crippen molar-refractivity contribution >= 4 is 23.2 Å². The molecule has 2 aromatic carbocycles. The number of likely N-dealkylation sites (N-methyl/N-ethyl adjacent to an activating group) is 1. The predicted octanol–water partition coefficient (Wildman–Crippen LogP) is 3.89. The number of halogens is 1. The van der Waals surface area contributed by atoms with Gasteiger partial charge in [0.1, 0.15) is 19.0 Å². The second kappa shape index (κ2) is 8.71. The van der Waals surface area contributed by atoms with E-state index in [0.717, 1.165) is 22.6 Å². The summed E-state index contributed by atoms with van der Waals surface area (Å²) in [6, 6.07) is 9.02. The number of aryl methyl sites for hydroxylation is 1. The van der Waals surface area contributed by atoms with E-state index in [9.17, 15) is 4.79 Å². The second-order valence-corrected chi connectivity index (χ2v) is 7.27. The second-order valence-electron chi connectivity index (χ2n) is 6.86. The van der Waals surface area contributed by atoms with Gasteiger partial charge in [0.15, 0.2) is 11.5 Å². The van der Waals surface area contributed by atoms with E-state index in [-0.39, 0.29) is 11.9 Å². The first-order valence-corrected chi connectivity index (χ1v) is 9.50. The Morgan fingerprint density at radius 1 is 1.25 bits per heavy atom. The smallest absolute Gasteiger partial charge is 0.241 e. The van der Waals surface area contributed by atoms with Crippen LogP contribution in [0, 0.1) is 6.92 Å². The topological polar surface area (TPSA) is 60.0 Å². The SMILES string of the molecule is COc1cc(Cl)c(C)cc1NC(=O)[C@H](C)N(C)Cc1ccc2c(c1)OCCO2. The Kier molecular flexibility index (Phi) is 6.31. The molecule has 0 aliphatic carbocycles. The Bertz CT molecular complexity index is 872. The monoisotopic (exact) mass is 404 g/mol. The van der Waals surface area contributed by atoms with Gasteiger partial charge < -0.3 is 19.5 Å². The highest BCUT2D eigenvalue weighted by Crippen LogP contribution is 2.32. The van der Waals surface area contributed by atoms with Crippen LogP contribution in [-0.4, -0.2) is 44.2 Å². The lowest BCUT2D eigenvalue weighted by Gasteiger charge is -2.25. The average molecular weight is 405 g/mol. The number of ether oxygens (including phenoxy) is 3. The number of anilines is 1. The zero-order chi connectivity index (χ0) is 20.3. The van der Waals surface area contributed by atoms with E-state index < -0.39 is 0 Å². The number of hydrogen-bond acceptors (Lipinski definition) is 5. The van der Waals surface area contributed by atoms with Gasteiger partial charge in [0.2, 0.25) is 5.91 Å². The number of methoxy groups -OCH3 is 1. The van der Waals surface area contributed by atoms with Crippen molar-refractivity contribution < 1.29 is 19.0 Å². The van der Waals surface area contributed by atoms with E-state index in [4.69, 9.17) is 25.8 Å². The Hall–Kier alpha value is -2.44. The normalized spacial score (nSPS) is 13.9. The maximum atomic E-state index is 12.8. The molecule has 0 bridgehead atoms. The zero-order valence-electron chi connectivity index (χ0n) is 16.5. The van der Waals surface area contributed by atoms with Crippen LogP contribution in [0.1, 0.15) is 18.1 Å². The maximum Gasteiger partial charge on any atom is 0.241 e. The van der Waals surface area contributed by atoms with E-state index in [1.165, 1.54) is 0 Å². The van der Waals surface area contributed by atoms with E-state index >= 15 is 0 Å². The fourth-order valence-electron chi connectivity index (χ4n) is 2.98. The third-order valence-corrected chi connectivity index (χ3v) is 5.22. The largest absolute Gasteiger partial charge is 0.495 e. The summed E-state index contributed by atoms with van der Waals surface area (Å²) in [6.07, 6.45) is 0. The van der Waals surface area contributed by atoms with E-state index in [1.807, 2.05) is 50.1 Å². The molecule has 1 aliphatic heterocycles. The van der Waals surface area contributed by atoms with Gasteiger partial charge >= 0.3 is 0 Å². The molecule has 1 aliphatic rings. The molecule has 0 saturated heterocycles. The van der Waals surface area contributed by atoms with Gasteiger partial charge in [-0.2, -0.15) is 0 Å². The third-order valence-electron chi connectivity index (χ3n) is 4.82. The lowest BCUT2D eigenvalue weighted by molar-refractivity contribution is -0.120. The Morgan fingerprint density at radius 2 is 1.96 bits per heavy atom. The fraction of sp³-hybridized carbons (Fsp3) is 0.381. The van der Waals surface area contributed by atoms with Crippen LogP contribution in [0.3, 0.4) is 0 Å². The number of fused-ring (bicyclic) bond motifs is 1. The van der Waals surface area contributed by atoms with Gasteiger partial charge in [0.25, 0.3) is 0 Å². The number of carbonyl (C=O) groups is 1. The van der Waals surface area contributed by atoms with Gasteiger partial charge in [0, 0.05) is 17.6 Å². The standard InChI is InChI=1S/C21H25ClN2O4/c1-13-9-17(19(26-4)11-16(13)22)23-21(25)14(2)24(3)12-15-5-6-18-20(10-15)28-8-7-27-18/h5-6,9-11,14H,7-8,12H2,1-4H3,(H,23,25)/t14-/m0/s1. The number of rotatable bonds is 6. The summed E-state index contributed by atoms with van der Waals surface area (Å²) in [4.78, 5) is 14.7. The molecule has 0 spiro atoms. The van der Waals surface area contributed by atoms with Crippen LogP contribution in [-0.2, 0) is 11.3 Å². The molecule has 3 rings (SSSR count). The van der Waals surface area contributed by atoms with Gasteiger partial charge in [-0.1, -0.05) is 17.7 Å². The molecule has 0 saturated carbocycles. The van der Waals surface area contributed by atoms with Crippen LogP contribution in [0.15, 0.2) is 30.3 Å². The molecule has 1 N–H and O–H groups in total. The molecule has 28 heavy (non-hydrogen) atoms. The highest BCUT2D eigenvalue weighted by atomic mass is 35.5. The number of benzene rings is 2. The molecule has 2 aromatic rings. The molecule has 1 amide bonds. The highest BCUT2D eigenvalue weighted by molar-refractivity contribution is 6.31. The summed E-state index contributed by atoms with van der Waals surface area (Å²) < 4.78 is 16.5. The Balaban J connectivity index is 1.67. The van der Waals surface area contributed by atoms with Crippen molar-refractivity contribution in [3.63, 3.8) is 0 Å². The minimum atomic E-state index is -0.353. The Morgan fingerprint density at radius 3 is 2.68 bits per heavy atom. The molecular weight excluding hydrogens is 380 g/mol. The van der Waals surface area contributed by atoms with Gasteiger partial charge in [-0.05, 0) is 50.2 Å². The van der Waals surface area contributed by atoms with Crippen LogP contribution in [0.25, 0.3) is 0 Å². The van der Waals surface area contributed by atoms with Crippen molar-refractivity contribution in [3.05, 3.63) is 46.5 Å². The minimum absolute atomic E-state index is 0.125. The first-order valence-electron chi connectivity index (χ1n) is 9.13. The van der Waals surface area contributed by atoms with Crippen molar-refractivity contribution in [2.24, 2.45) is 0 Å². The van der Waals surface area contributed by atoms with Crippen LogP contribution in [0.4, 0.5) is 5.69 Å². The summed E-state index contributed by atoms with van der Waals surface area (Å²) in [6.45, 7) is 5.46. The van der Waals surface area contributed by atoms with Crippen LogP contribution in [0.5, 0.6) is 17.2 Å². The first-order chi connectivity index (χ1) is 13.4. The number of carbonyl (C=O) groups excluding carboxylic acids is 1. The van der Waals surface area contributed by atoms with Gasteiger partial charge in [-0.15, -0.1) is 0 Å². The molecular formula is C21H25ClN2O4. The summed E-state index contributed by atoms with van der Waals surface area (Å²) >= 11 is 6.13. The third kappa shape index (κ3) is 4.51. The summed E-state index contributed by atoms with van der Waals surface area (Å²) in [7, 11) is 3.46. The summed E-state index contributed by atoms with van der Waals surface area (Å²) in [5.74, 6) is 1.91. The van der Waals surface area contributed by atoms with E-state index in [0.29, 0.717) is 36.2 Å². The molecule has 7 heteroatoms. The van der Waals surface area contributed by atoms with Crippen LogP contribution in [0.2, 0.25) is 5.02 Å². The first kappa shape index (κ1) is 20.3. The predicted molar refractivity (Wildman–Crippen MR) is 110 cm³/mol. The summed E-state index contributed by atoms with van der Waals surface area (Å²) in [5, 5.41) is 3.53. The highest BCUT2D eigenvalue weighted by Gasteiger charge is 2.21. The lowest BCUT2D eigenvalue weighted by atomic mass is 10.1. The average Bonchev–Trinajstić information content (AvgIpc) is 2.69. The number of nitrogens with zero attached hydrogens (tertiary/aromatic N) is 1. The van der Waals surface area contributed by atoms with Crippen molar-refractivity contribution in [2.75, 3.05) is 32.7 Å². The number of amides is 1. The minimum Gasteiger partial charge on any atom is -0.495 e. The van der Waals surface area contributed by atoms with Gasteiger partial charge in [-0.25, -0.2) is 0 Å². The molecule has 6 nitrogen and oxygen atoms in total. The van der Waals surface area contributed by atoms with Gasteiger partial charge in [-0.3, -0.25) is 9.69 Å². The molecule has 0 aromatic heterocycles. The van der Waals surface area contributed by atoms with Crippen LogP contribution >= 0.6 is 11.6 Å². The fourth-order valence-corrected chi connectivity index (χ4v) is 3.13. The molecule has 150 valence electrons. The van der Waals surface area contributed by atoms with E-state index in [2.05, 4.69) is 5.32 Å². The van der Waals surface area contributed by atoms with Crippen molar-refractivity contribution in [2.45, 2.75) is 26.4 Å². The molecule has 1 atom stereocenters. The number of nitrogens with one attached hydrogen (secondary N) is 1. The van der Waals surface area contributed by atoms with Crippen molar-refractivity contribution in [1.82, 2.24) is 4.90 Å². The van der Waals surface area contributed by atoms with Crippen molar-refractivity contribution in [3.8, 4) is 17.2 Å². The zero-order valence-corrected chi connectivity index (χ0v) is 17.3. The molecule has 1 heterocycles. The van der Waals surface area contributed by atoms with Crippen molar-refractivity contribution in [1.29, 1.82) is 0 Å². The number of hydrogen-bond donors (Lipinski definition) is 1. The Labute approximate surface area is 170 Å². The molecule has 0 unspecified atom stereocenters. The van der Waals surface area contributed by atoms with Gasteiger partial charge in [0.05, 0.1) is 18.8 Å². The lowest BCUT2D eigenvalue weighted by Crippen LogP contribution is -2.39.